The van der Waals surface area contributed by atoms with E-state index in [9.17, 15) is 0 Å². The van der Waals surface area contributed by atoms with Crippen LogP contribution in [0.1, 0.15) is 25.5 Å². The summed E-state index contributed by atoms with van der Waals surface area (Å²) in [5.74, 6) is 1.88. The zero-order valence-corrected chi connectivity index (χ0v) is 11.2. The van der Waals surface area contributed by atoms with Crippen molar-refractivity contribution in [1.82, 2.24) is 19.7 Å². The molecule has 0 saturated carbocycles. The molecule has 3 rings (SSSR count). The third-order valence-corrected chi connectivity index (χ3v) is 3.86. The van der Waals surface area contributed by atoms with Gasteiger partial charge < -0.3 is 4.90 Å². The first kappa shape index (κ1) is 11.4. The number of piperidine rings is 1. The van der Waals surface area contributed by atoms with Crippen molar-refractivity contribution in [2.75, 3.05) is 18.0 Å². The lowest BCUT2D eigenvalue weighted by molar-refractivity contribution is 0.437. The summed E-state index contributed by atoms with van der Waals surface area (Å²) < 4.78 is 1.84. The first-order valence-electron chi connectivity index (χ1n) is 6.56. The summed E-state index contributed by atoms with van der Waals surface area (Å²) in [6.07, 6.45) is 4.13. The van der Waals surface area contributed by atoms with Crippen LogP contribution < -0.4 is 4.90 Å². The minimum Gasteiger partial charge on any atom is -0.356 e. The molecule has 3 heterocycles. The van der Waals surface area contributed by atoms with E-state index in [2.05, 4.69) is 26.9 Å². The van der Waals surface area contributed by atoms with Gasteiger partial charge >= 0.3 is 0 Å². The van der Waals surface area contributed by atoms with Crippen LogP contribution in [-0.2, 0) is 7.05 Å². The summed E-state index contributed by atoms with van der Waals surface area (Å²) in [5.41, 5.74) is 1.94. The Hall–Kier alpha value is -1.65. The van der Waals surface area contributed by atoms with Crippen molar-refractivity contribution >= 4 is 16.9 Å². The molecule has 5 nitrogen and oxygen atoms in total. The van der Waals surface area contributed by atoms with Crippen molar-refractivity contribution in [2.24, 2.45) is 13.0 Å². The van der Waals surface area contributed by atoms with Crippen molar-refractivity contribution in [2.45, 2.75) is 26.7 Å². The maximum atomic E-state index is 4.49. The van der Waals surface area contributed by atoms with E-state index in [0.717, 1.165) is 41.6 Å². The van der Waals surface area contributed by atoms with Crippen molar-refractivity contribution in [1.29, 1.82) is 0 Å². The molecular weight excluding hydrogens is 226 g/mol. The van der Waals surface area contributed by atoms with Gasteiger partial charge in [-0.3, -0.25) is 4.68 Å². The van der Waals surface area contributed by atoms with Crippen LogP contribution in [0.25, 0.3) is 11.0 Å². The average Bonchev–Trinajstić information content (AvgIpc) is 2.66. The van der Waals surface area contributed by atoms with Gasteiger partial charge in [0.05, 0.1) is 11.1 Å². The Morgan fingerprint density at radius 1 is 1.22 bits per heavy atom. The lowest BCUT2D eigenvalue weighted by Crippen LogP contribution is -2.33. The van der Waals surface area contributed by atoms with E-state index in [0.29, 0.717) is 0 Å². The van der Waals surface area contributed by atoms with Gasteiger partial charge in [-0.2, -0.15) is 5.10 Å². The molecule has 2 aromatic heterocycles. The Morgan fingerprint density at radius 3 is 2.67 bits per heavy atom. The first-order valence-corrected chi connectivity index (χ1v) is 6.56. The van der Waals surface area contributed by atoms with E-state index in [4.69, 9.17) is 0 Å². The fourth-order valence-corrected chi connectivity index (χ4v) is 2.72. The number of aryl methyl sites for hydroxylation is 2. The predicted molar refractivity (Wildman–Crippen MR) is 71.7 cm³/mol. The lowest BCUT2D eigenvalue weighted by atomic mass is 9.99. The van der Waals surface area contributed by atoms with Gasteiger partial charge in [0.1, 0.15) is 12.1 Å². The minimum atomic E-state index is 0.827. The minimum absolute atomic E-state index is 0.827. The fraction of sp³-hybridized carbons (Fsp3) is 0.615. The second kappa shape index (κ2) is 4.23. The molecule has 5 heteroatoms. The number of aromatic nitrogens is 4. The van der Waals surface area contributed by atoms with Gasteiger partial charge in [0, 0.05) is 20.1 Å². The van der Waals surface area contributed by atoms with E-state index < -0.39 is 0 Å². The Bertz CT molecular complexity index is 566. The van der Waals surface area contributed by atoms with Crippen molar-refractivity contribution in [3.05, 3.63) is 12.0 Å². The highest BCUT2D eigenvalue weighted by Crippen LogP contribution is 2.28. The van der Waals surface area contributed by atoms with E-state index >= 15 is 0 Å². The number of hydrogen-bond donors (Lipinski definition) is 0. The van der Waals surface area contributed by atoms with Crippen LogP contribution in [0, 0.1) is 12.8 Å². The highest BCUT2D eigenvalue weighted by molar-refractivity contribution is 5.89. The molecule has 1 aliphatic heterocycles. The number of anilines is 1. The molecular formula is C13H19N5. The predicted octanol–water partition coefficient (Wildman–Crippen LogP) is 1.91. The van der Waals surface area contributed by atoms with Crippen LogP contribution in [0.4, 0.5) is 5.82 Å². The van der Waals surface area contributed by atoms with E-state index in [-0.39, 0.29) is 0 Å². The Morgan fingerprint density at radius 2 is 1.94 bits per heavy atom. The summed E-state index contributed by atoms with van der Waals surface area (Å²) in [6.45, 7) is 6.52. The second-order valence-electron chi connectivity index (χ2n) is 5.27. The van der Waals surface area contributed by atoms with E-state index in [1.807, 2.05) is 18.7 Å². The standard InChI is InChI=1S/C13H19N5/c1-9-4-6-18(7-5-9)13-11-10(2)16-17(3)12(11)14-8-15-13/h8-9H,4-7H2,1-3H3. The van der Waals surface area contributed by atoms with Crippen LogP contribution in [0.5, 0.6) is 0 Å². The zero-order valence-electron chi connectivity index (χ0n) is 11.2. The van der Waals surface area contributed by atoms with Gasteiger partial charge in [-0.15, -0.1) is 0 Å². The van der Waals surface area contributed by atoms with Gasteiger partial charge in [-0.05, 0) is 25.7 Å². The molecule has 0 spiro atoms. The molecule has 0 atom stereocenters. The Balaban J connectivity index is 2.06. The van der Waals surface area contributed by atoms with Crippen molar-refractivity contribution < 1.29 is 0 Å². The maximum Gasteiger partial charge on any atom is 0.163 e. The summed E-state index contributed by atoms with van der Waals surface area (Å²) >= 11 is 0. The lowest BCUT2D eigenvalue weighted by Gasteiger charge is -2.31. The topological polar surface area (TPSA) is 46.8 Å². The summed E-state index contributed by atoms with van der Waals surface area (Å²) in [6, 6.07) is 0. The molecule has 1 saturated heterocycles. The number of rotatable bonds is 1. The molecule has 1 fully saturated rings. The normalized spacial score (nSPS) is 17.6. The molecule has 2 aromatic rings. The second-order valence-corrected chi connectivity index (χ2v) is 5.27. The molecule has 0 bridgehead atoms. The monoisotopic (exact) mass is 245 g/mol. The zero-order chi connectivity index (χ0) is 12.7. The summed E-state index contributed by atoms with van der Waals surface area (Å²) in [5, 5.41) is 5.55. The quantitative estimate of drug-likeness (QED) is 0.770. The molecule has 0 aromatic carbocycles. The van der Waals surface area contributed by atoms with Crippen LogP contribution in [0.15, 0.2) is 6.33 Å². The fourth-order valence-electron chi connectivity index (χ4n) is 2.72. The highest BCUT2D eigenvalue weighted by atomic mass is 15.3. The van der Waals surface area contributed by atoms with Gasteiger partial charge in [-0.1, -0.05) is 6.92 Å². The molecule has 0 N–H and O–H groups in total. The Labute approximate surface area is 107 Å². The Kier molecular flexibility index (Phi) is 2.69. The van der Waals surface area contributed by atoms with Crippen LogP contribution in [0.3, 0.4) is 0 Å². The van der Waals surface area contributed by atoms with Crippen molar-refractivity contribution in [3.63, 3.8) is 0 Å². The van der Waals surface area contributed by atoms with Gasteiger partial charge in [-0.25, -0.2) is 9.97 Å². The molecule has 1 aliphatic rings. The summed E-state index contributed by atoms with van der Waals surface area (Å²) in [7, 11) is 1.93. The summed E-state index contributed by atoms with van der Waals surface area (Å²) in [4.78, 5) is 11.2. The molecule has 0 radical (unpaired) electrons. The largest absolute Gasteiger partial charge is 0.356 e. The number of nitrogens with zero attached hydrogens (tertiary/aromatic N) is 5. The smallest absolute Gasteiger partial charge is 0.163 e. The number of fused-ring (bicyclic) bond motifs is 1. The molecule has 0 amide bonds. The molecule has 0 unspecified atom stereocenters. The van der Waals surface area contributed by atoms with Crippen LogP contribution in [0.2, 0.25) is 0 Å². The molecule has 18 heavy (non-hydrogen) atoms. The molecule has 96 valence electrons. The van der Waals surface area contributed by atoms with Gasteiger partial charge in [0.25, 0.3) is 0 Å². The van der Waals surface area contributed by atoms with Gasteiger partial charge in [0.15, 0.2) is 5.65 Å². The van der Waals surface area contributed by atoms with E-state index in [1.165, 1.54) is 12.8 Å². The third kappa shape index (κ3) is 1.74. The van der Waals surface area contributed by atoms with Crippen LogP contribution >= 0.6 is 0 Å². The third-order valence-electron chi connectivity index (χ3n) is 3.86. The van der Waals surface area contributed by atoms with E-state index in [1.54, 1.807) is 6.33 Å². The van der Waals surface area contributed by atoms with Gasteiger partial charge in [0.2, 0.25) is 0 Å². The number of hydrogen-bond acceptors (Lipinski definition) is 4. The first-order chi connectivity index (χ1) is 8.66. The van der Waals surface area contributed by atoms with Crippen LogP contribution in [-0.4, -0.2) is 32.8 Å². The SMILES string of the molecule is Cc1nn(C)c2ncnc(N3CCC(C)CC3)c12. The van der Waals surface area contributed by atoms with Crippen molar-refractivity contribution in [3.8, 4) is 0 Å². The maximum absolute atomic E-state index is 4.49. The average molecular weight is 245 g/mol. The highest BCUT2D eigenvalue weighted by Gasteiger charge is 2.21. The molecule has 0 aliphatic carbocycles.